The molecule has 1 fully saturated rings. The summed E-state index contributed by atoms with van der Waals surface area (Å²) in [6, 6.07) is 11.7. The third-order valence-electron chi connectivity index (χ3n) is 6.86. The standard InChI is InChI=1S/C29H39N5O6/c30-15-5-4-9-23(29(39)40)32-27(37)25(18-20-11-13-21(35)14-12-20)34-28(38)24(17-19-7-2-1-3-8-19)33-26(36)22-10-6-16-31-22/h1-3,7-8,11-14,22-25,31,35H,4-6,9-10,15-18,30H2,(H,32,37)(H,33,36)(H,34,38)(H,39,40). The minimum absolute atomic E-state index is 0.0448. The van der Waals surface area contributed by atoms with E-state index >= 15 is 0 Å². The fraction of sp³-hybridized carbons (Fsp3) is 0.448. The highest BCUT2D eigenvalue weighted by molar-refractivity contribution is 5.94. The molecule has 0 saturated carbocycles. The number of nitrogens with one attached hydrogen (secondary N) is 4. The number of carboxylic acid groups (broad SMARTS) is 1. The highest BCUT2D eigenvalue weighted by atomic mass is 16.4. The second-order valence-electron chi connectivity index (χ2n) is 10.0. The van der Waals surface area contributed by atoms with Crippen molar-refractivity contribution in [1.29, 1.82) is 0 Å². The van der Waals surface area contributed by atoms with E-state index in [-0.39, 0.29) is 30.9 Å². The van der Waals surface area contributed by atoms with Gasteiger partial charge in [0.15, 0.2) is 0 Å². The Morgan fingerprint density at radius 1 is 0.850 bits per heavy atom. The fourth-order valence-corrected chi connectivity index (χ4v) is 4.61. The number of nitrogens with two attached hydrogens (primary N) is 1. The zero-order valence-corrected chi connectivity index (χ0v) is 22.5. The summed E-state index contributed by atoms with van der Waals surface area (Å²) in [5.41, 5.74) is 6.99. The van der Waals surface area contributed by atoms with Crippen LogP contribution in [0.1, 0.15) is 43.2 Å². The molecule has 2 aromatic rings. The van der Waals surface area contributed by atoms with Crippen LogP contribution in [0.2, 0.25) is 0 Å². The summed E-state index contributed by atoms with van der Waals surface area (Å²) in [6.07, 6.45) is 3.10. The fourth-order valence-electron chi connectivity index (χ4n) is 4.61. The number of phenols is 1. The second kappa shape index (κ2) is 15.6. The van der Waals surface area contributed by atoms with Gasteiger partial charge >= 0.3 is 5.97 Å². The van der Waals surface area contributed by atoms with E-state index in [0.29, 0.717) is 31.4 Å². The Morgan fingerprint density at radius 3 is 2.02 bits per heavy atom. The molecule has 3 rings (SSSR count). The van der Waals surface area contributed by atoms with Crippen molar-refractivity contribution in [2.75, 3.05) is 13.1 Å². The SMILES string of the molecule is NCCCCC(NC(=O)C(Cc1ccc(O)cc1)NC(=O)C(Cc1ccccc1)NC(=O)C1CCCN1)C(=O)O. The van der Waals surface area contributed by atoms with Gasteiger partial charge in [0.2, 0.25) is 17.7 Å². The Kier molecular flexibility index (Phi) is 11.9. The van der Waals surface area contributed by atoms with E-state index in [1.54, 1.807) is 12.1 Å². The molecule has 8 N–H and O–H groups in total. The number of phenolic OH excluding ortho intramolecular Hbond substituents is 1. The van der Waals surface area contributed by atoms with E-state index in [4.69, 9.17) is 5.73 Å². The second-order valence-corrected chi connectivity index (χ2v) is 10.0. The molecular formula is C29H39N5O6. The van der Waals surface area contributed by atoms with Gasteiger partial charge in [-0.25, -0.2) is 4.79 Å². The normalized spacial score (nSPS) is 16.9. The first-order valence-corrected chi connectivity index (χ1v) is 13.7. The highest BCUT2D eigenvalue weighted by Gasteiger charge is 2.31. The van der Waals surface area contributed by atoms with Crippen LogP contribution < -0.4 is 27.0 Å². The number of rotatable bonds is 15. The van der Waals surface area contributed by atoms with Crippen LogP contribution in [0.5, 0.6) is 5.75 Å². The smallest absolute Gasteiger partial charge is 0.326 e. The third kappa shape index (κ3) is 9.65. The van der Waals surface area contributed by atoms with Gasteiger partial charge in [-0.15, -0.1) is 0 Å². The molecule has 40 heavy (non-hydrogen) atoms. The maximum Gasteiger partial charge on any atom is 0.326 e. The molecular weight excluding hydrogens is 514 g/mol. The van der Waals surface area contributed by atoms with Gasteiger partial charge in [-0.2, -0.15) is 0 Å². The molecule has 1 aliphatic heterocycles. The van der Waals surface area contributed by atoms with Gasteiger partial charge in [-0.05, 0) is 68.5 Å². The van der Waals surface area contributed by atoms with Gasteiger partial charge in [0, 0.05) is 12.8 Å². The molecule has 4 atom stereocenters. The lowest BCUT2D eigenvalue weighted by Gasteiger charge is -2.25. The first kappa shape index (κ1) is 30.6. The minimum Gasteiger partial charge on any atom is -0.508 e. The quantitative estimate of drug-likeness (QED) is 0.156. The zero-order valence-electron chi connectivity index (χ0n) is 22.5. The first-order valence-electron chi connectivity index (χ1n) is 13.7. The predicted molar refractivity (Wildman–Crippen MR) is 149 cm³/mol. The Hall–Kier alpha value is -3.96. The van der Waals surface area contributed by atoms with Crippen molar-refractivity contribution >= 4 is 23.7 Å². The number of carboxylic acids is 1. The number of carbonyl (C=O) groups excluding carboxylic acids is 3. The minimum atomic E-state index is -1.18. The number of benzene rings is 2. The molecule has 0 aliphatic carbocycles. The molecule has 0 radical (unpaired) electrons. The number of unbranched alkanes of at least 4 members (excludes halogenated alkanes) is 1. The Morgan fingerprint density at radius 2 is 1.45 bits per heavy atom. The van der Waals surface area contributed by atoms with Crippen molar-refractivity contribution in [2.24, 2.45) is 5.73 Å². The van der Waals surface area contributed by atoms with Crippen LogP contribution in [-0.2, 0) is 32.0 Å². The van der Waals surface area contributed by atoms with Crippen molar-refractivity contribution in [3.63, 3.8) is 0 Å². The van der Waals surface area contributed by atoms with Crippen LogP contribution >= 0.6 is 0 Å². The summed E-state index contributed by atoms with van der Waals surface area (Å²) >= 11 is 0. The van der Waals surface area contributed by atoms with Crippen molar-refractivity contribution in [3.05, 3.63) is 65.7 Å². The molecule has 2 aromatic carbocycles. The number of hydrogen-bond donors (Lipinski definition) is 7. The number of carbonyl (C=O) groups is 4. The van der Waals surface area contributed by atoms with Crippen LogP contribution in [0.3, 0.4) is 0 Å². The van der Waals surface area contributed by atoms with E-state index in [1.165, 1.54) is 12.1 Å². The first-order chi connectivity index (χ1) is 19.3. The monoisotopic (exact) mass is 553 g/mol. The summed E-state index contributed by atoms with van der Waals surface area (Å²) in [4.78, 5) is 51.7. The maximum absolute atomic E-state index is 13.6. The highest BCUT2D eigenvalue weighted by Crippen LogP contribution is 2.13. The summed E-state index contributed by atoms with van der Waals surface area (Å²) in [6.45, 7) is 1.13. The number of aromatic hydroxyl groups is 1. The summed E-state index contributed by atoms with van der Waals surface area (Å²) in [7, 11) is 0. The molecule has 1 aliphatic rings. The van der Waals surface area contributed by atoms with Gasteiger partial charge in [-0.3, -0.25) is 14.4 Å². The lowest BCUT2D eigenvalue weighted by molar-refractivity contribution is -0.142. The number of aliphatic carboxylic acids is 1. The molecule has 0 bridgehead atoms. The lowest BCUT2D eigenvalue weighted by atomic mass is 10.0. The maximum atomic E-state index is 13.6. The number of hydrogen-bond acceptors (Lipinski definition) is 7. The molecule has 216 valence electrons. The molecule has 0 spiro atoms. The van der Waals surface area contributed by atoms with Crippen molar-refractivity contribution in [3.8, 4) is 5.75 Å². The lowest BCUT2D eigenvalue weighted by Crippen LogP contribution is -2.58. The van der Waals surface area contributed by atoms with Crippen LogP contribution in [0.25, 0.3) is 0 Å². The average Bonchev–Trinajstić information content (AvgIpc) is 3.49. The van der Waals surface area contributed by atoms with Crippen molar-refractivity contribution in [1.82, 2.24) is 21.3 Å². The van der Waals surface area contributed by atoms with Crippen LogP contribution in [0.15, 0.2) is 54.6 Å². The van der Waals surface area contributed by atoms with E-state index in [1.807, 2.05) is 30.3 Å². The average molecular weight is 554 g/mol. The predicted octanol–water partition coefficient (Wildman–Crippen LogP) is 0.597. The van der Waals surface area contributed by atoms with E-state index in [0.717, 1.165) is 18.5 Å². The largest absolute Gasteiger partial charge is 0.508 e. The Balaban J connectivity index is 1.80. The topological polar surface area (TPSA) is 183 Å². The van der Waals surface area contributed by atoms with Crippen molar-refractivity contribution in [2.45, 2.75) is 69.1 Å². The zero-order chi connectivity index (χ0) is 28.9. The van der Waals surface area contributed by atoms with Gasteiger partial charge in [-0.1, -0.05) is 42.5 Å². The molecule has 4 unspecified atom stereocenters. The van der Waals surface area contributed by atoms with Crippen LogP contribution in [-0.4, -0.2) is 71.2 Å². The molecule has 0 aromatic heterocycles. The van der Waals surface area contributed by atoms with Gasteiger partial charge < -0.3 is 37.2 Å². The summed E-state index contributed by atoms with van der Waals surface area (Å²) in [5, 5.41) is 30.5. The third-order valence-corrected chi connectivity index (χ3v) is 6.86. The van der Waals surface area contributed by atoms with Gasteiger partial charge in [0.1, 0.15) is 23.9 Å². The van der Waals surface area contributed by atoms with E-state index in [9.17, 15) is 29.4 Å². The van der Waals surface area contributed by atoms with Gasteiger partial charge in [0.05, 0.1) is 6.04 Å². The Labute approximate surface area is 233 Å². The van der Waals surface area contributed by atoms with Crippen LogP contribution in [0, 0.1) is 0 Å². The Bertz CT molecular complexity index is 1120. The molecule has 11 heteroatoms. The molecule has 11 nitrogen and oxygen atoms in total. The van der Waals surface area contributed by atoms with E-state index < -0.39 is 42.0 Å². The van der Waals surface area contributed by atoms with Gasteiger partial charge in [0.25, 0.3) is 0 Å². The molecule has 3 amide bonds. The molecule has 1 heterocycles. The summed E-state index contributed by atoms with van der Waals surface area (Å²) in [5.74, 6) is -2.66. The van der Waals surface area contributed by atoms with Crippen LogP contribution in [0.4, 0.5) is 0 Å². The van der Waals surface area contributed by atoms with E-state index in [2.05, 4.69) is 21.3 Å². The van der Waals surface area contributed by atoms with Crippen molar-refractivity contribution < 1.29 is 29.4 Å². The summed E-state index contributed by atoms with van der Waals surface area (Å²) < 4.78 is 0. The molecule has 1 saturated heterocycles. The number of amides is 3.